The number of aliphatic hydroxyl groups excluding tert-OH is 2. The second kappa shape index (κ2) is 95.7. The molecule has 704 valence electrons. The van der Waals surface area contributed by atoms with E-state index in [0.717, 1.165) is 186 Å². The summed E-state index contributed by atoms with van der Waals surface area (Å²) in [6, 6.07) is 0. The highest BCUT2D eigenvalue weighted by Gasteiger charge is 2.30. The number of rotatable bonds is 92. The molecule has 5 unspecified atom stereocenters. The van der Waals surface area contributed by atoms with Crippen molar-refractivity contribution >= 4 is 33.6 Å². The maximum atomic E-state index is 13.1. The summed E-state index contributed by atoms with van der Waals surface area (Å²) >= 11 is 0. The van der Waals surface area contributed by atoms with Gasteiger partial charge in [0.2, 0.25) is 0 Å². The van der Waals surface area contributed by atoms with Crippen molar-refractivity contribution < 1.29 is 75.8 Å². The maximum absolute atomic E-state index is 13.1. The first kappa shape index (κ1) is 118. The molecule has 0 aliphatic heterocycles. The largest absolute Gasteiger partial charge is 0.472 e. The first-order valence-electron chi connectivity index (χ1n) is 49.1. The van der Waals surface area contributed by atoms with E-state index in [9.17, 15) is 43.5 Å². The molecule has 0 saturated carbocycles. The van der Waals surface area contributed by atoms with Gasteiger partial charge in [-0.25, -0.2) is 9.13 Å². The van der Waals surface area contributed by atoms with Crippen LogP contribution in [0.15, 0.2) is 182 Å². The zero-order valence-corrected chi connectivity index (χ0v) is 79.6. The zero-order valence-electron chi connectivity index (χ0n) is 77.8. The molecule has 5 atom stereocenters. The quantitative estimate of drug-likeness (QED) is 0.0146. The van der Waals surface area contributed by atoms with Gasteiger partial charge in [0.05, 0.1) is 26.4 Å². The molecule has 0 radical (unpaired) electrons. The van der Waals surface area contributed by atoms with Crippen molar-refractivity contribution in [3.05, 3.63) is 182 Å². The summed E-state index contributed by atoms with van der Waals surface area (Å²) in [6.07, 6.45) is 127. The number of hydrogen-bond acceptors (Lipinski definition) is 14. The lowest BCUT2D eigenvalue weighted by atomic mass is 10.0. The monoisotopic (exact) mass is 1760 g/mol. The highest BCUT2D eigenvalue weighted by Crippen LogP contribution is 2.45. The van der Waals surface area contributed by atoms with E-state index in [-0.39, 0.29) is 19.3 Å². The topological polar surface area (TPSA) is 231 Å². The molecule has 0 amide bonds. The molecular formula is C105H178O16P2. The minimum absolute atomic E-state index is 0.0862. The molecule has 0 saturated heterocycles. The standard InChI is InChI=1S/C105H178O16P2/c1-4-7-10-13-16-19-22-25-28-31-34-37-40-42-44-46-48-49-51-53-54-56-59-61-64-67-70-73-76-79-82-85-88-91-103(108)115-94-100(106)95-117-122(111,112)118-96-101(107)97-119-123(113,114)120-99-102(121-105(110)93-90-87-84-81-78-75-72-69-66-63-58-39-36-33-30-27-24-21-18-15-12-9-6-3)98-116-104(109)92-89-86-83-80-77-74-71-68-65-62-60-57-55-52-50-47-45-43-41-38-35-32-29-26-23-20-17-14-11-8-5-2/h8-9,11-12,16-21,25-30,34-39,42-45,50,52,63,66,100-102,106-107H,4-7,10,13-15,22-24,31-33,40-41,46-49,51,53-62,64-65,67-99H2,1-3H3,(H,111,112)(H,113,114)/b11-8-,12-9-,19-16-,20-17-,21-18-,28-25-,29-26-,30-27-,37-34-,38-35-,39-36-,44-42-,45-43-,52-50-,66-63-. The molecule has 16 nitrogen and oxygen atoms in total. The van der Waals surface area contributed by atoms with Crippen LogP contribution >= 0.6 is 15.6 Å². The molecule has 0 aromatic heterocycles. The van der Waals surface area contributed by atoms with E-state index in [0.29, 0.717) is 19.3 Å². The predicted molar refractivity (Wildman–Crippen MR) is 518 cm³/mol. The minimum atomic E-state index is -4.95. The van der Waals surface area contributed by atoms with E-state index in [1.807, 2.05) is 0 Å². The molecule has 0 rings (SSSR count). The number of carbonyl (C=O) groups excluding carboxylic acids is 3. The average Bonchev–Trinajstić information content (AvgIpc) is 0.912. The summed E-state index contributed by atoms with van der Waals surface area (Å²) in [4.78, 5) is 59.1. The number of esters is 3. The van der Waals surface area contributed by atoms with Crippen molar-refractivity contribution in [3.8, 4) is 0 Å². The lowest BCUT2D eigenvalue weighted by Gasteiger charge is -2.21. The average molecular weight is 1760 g/mol. The van der Waals surface area contributed by atoms with Crippen LogP contribution in [0.4, 0.5) is 0 Å². The second-order valence-electron chi connectivity index (χ2n) is 32.5. The fourth-order valence-corrected chi connectivity index (χ4v) is 14.8. The molecule has 18 heteroatoms. The van der Waals surface area contributed by atoms with Gasteiger partial charge in [-0.05, 0) is 161 Å². The van der Waals surface area contributed by atoms with Crippen LogP contribution in [0.2, 0.25) is 0 Å². The summed E-state index contributed by atoms with van der Waals surface area (Å²) < 4.78 is 61.6. The van der Waals surface area contributed by atoms with Gasteiger partial charge in [-0.2, -0.15) is 0 Å². The van der Waals surface area contributed by atoms with Crippen LogP contribution in [0.25, 0.3) is 0 Å². The van der Waals surface area contributed by atoms with Gasteiger partial charge in [-0.3, -0.25) is 32.5 Å². The zero-order chi connectivity index (χ0) is 89.3. The third-order valence-corrected chi connectivity index (χ3v) is 22.5. The van der Waals surface area contributed by atoms with Crippen molar-refractivity contribution in [1.29, 1.82) is 0 Å². The van der Waals surface area contributed by atoms with Crippen LogP contribution in [0.5, 0.6) is 0 Å². The molecule has 0 aromatic rings. The van der Waals surface area contributed by atoms with Crippen LogP contribution in [-0.2, 0) is 55.8 Å². The fourth-order valence-electron chi connectivity index (χ4n) is 13.2. The number of hydrogen-bond donors (Lipinski definition) is 4. The Bertz CT molecular complexity index is 2970. The highest BCUT2D eigenvalue weighted by molar-refractivity contribution is 7.47. The van der Waals surface area contributed by atoms with Gasteiger partial charge in [0.15, 0.2) is 6.10 Å². The van der Waals surface area contributed by atoms with Crippen LogP contribution in [0, 0.1) is 0 Å². The summed E-state index contributed by atoms with van der Waals surface area (Å²) in [5.74, 6) is -1.58. The number of allylic oxidation sites excluding steroid dienone is 30. The number of phosphoric acid groups is 2. The molecule has 0 bridgehead atoms. The van der Waals surface area contributed by atoms with Crippen LogP contribution in [-0.4, -0.2) is 95.9 Å². The van der Waals surface area contributed by atoms with Gasteiger partial charge in [0, 0.05) is 19.3 Å². The Balaban J connectivity index is 4.59. The molecule has 0 aliphatic rings. The smallest absolute Gasteiger partial charge is 0.463 e. The van der Waals surface area contributed by atoms with Crippen molar-refractivity contribution in [3.63, 3.8) is 0 Å². The van der Waals surface area contributed by atoms with E-state index < -0.39 is 91.5 Å². The Labute approximate surface area is 751 Å². The highest BCUT2D eigenvalue weighted by atomic mass is 31.2. The summed E-state index contributed by atoms with van der Waals surface area (Å²) in [5, 5.41) is 20.8. The number of ether oxygens (including phenoxy) is 3. The molecule has 123 heavy (non-hydrogen) atoms. The van der Waals surface area contributed by atoms with E-state index in [1.54, 1.807) is 0 Å². The Kier molecular flexibility index (Phi) is 91.6. The number of aliphatic hydroxyl groups is 2. The van der Waals surface area contributed by atoms with Gasteiger partial charge in [-0.1, -0.05) is 409 Å². The third-order valence-electron chi connectivity index (χ3n) is 20.6. The summed E-state index contributed by atoms with van der Waals surface area (Å²) in [6.45, 7) is 2.46. The summed E-state index contributed by atoms with van der Waals surface area (Å²) in [5.41, 5.74) is 0. The van der Waals surface area contributed by atoms with E-state index in [1.165, 1.54) is 161 Å². The van der Waals surface area contributed by atoms with Gasteiger partial charge < -0.3 is 34.2 Å². The lowest BCUT2D eigenvalue weighted by Crippen LogP contribution is -2.30. The van der Waals surface area contributed by atoms with Crippen LogP contribution in [0.3, 0.4) is 0 Å². The van der Waals surface area contributed by atoms with Crippen LogP contribution < -0.4 is 0 Å². The Hall–Kier alpha value is -5.35. The predicted octanol–water partition coefficient (Wildman–Crippen LogP) is 30.8. The Morgan fingerprint density at radius 1 is 0.236 bits per heavy atom. The van der Waals surface area contributed by atoms with Gasteiger partial charge in [-0.15, -0.1) is 0 Å². The van der Waals surface area contributed by atoms with Crippen molar-refractivity contribution in [2.75, 3.05) is 39.6 Å². The Morgan fingerprint density at radius 3 is 0.683 bits per heavy atom. The maximum Gasteiger partial charge on any atom is 0.472 e. The molecule has 0 aromatic carbocycles. The molecule has 4 N–H and O–H groups in total. The minimum Gasteiger partial charge on any atom is -0.463 e. The van der Waals surface area contributed by atoms with E-state index in [4.69, 9.17) is 32.3 Å². The number of carbonyl (C=O) groups is 3. The fraction of sp³-hybridized carbons (Fsp3) is 0.686. The van der Waals surface area contributed by atoms with Crippen LogP contribution in [0.1, 0.15) is 406 Å². The first-order chi connectivity index (χ1) is 60.2. The normalized spacial score (nSPS) is 14.5. The molecule has 0 fully saturated rings. The molecule has 0 aliphatic carbocycles. The lowest BCUT2D eigenvalue weighted by molar-refractivity contribution is -0.161. The summed E-state index contributed by atoms with van der Waals surface area (Å²) in [7, 11) is -9.82. The second-order valence-corrected chi connectivity index (χ2v) is 35.4. The van der Waals surface area contributed by atoms with Crippen molar-refractivity contribution in [1.82, 2.24) is 0 Å². The Morgan fingerprint density at radius 2 is 0.431 bits per heavy atom. The first-order valence-corrected chi connectivity index (χ1v) is 52.1. The van der Waals surface area contributed by atoms with Gasteiger partial charge in [0.1, 0.15) is 25.4 Å². The third kappa shape index (κ3) is 97.1. The SMILES string of the molecule is CC/C=C\C/C=C\C/C=C\C/C=C\C/C=C\C/C=C\CCCCCCCCCCCCCCC(=O)OCC(COP(=O)(O)OCC(O)COP(=O)(O)OCC(O)COC(=O)CCCCCCCCCCCCCCCCCCC/C=C\C/C=C\C/C=C\C/C=C\CCCCC)OC(=O)CCCCCCCCC/C=C\C/C=C\C/C=C\C/C=C\C/C=C\CC. The number of unbranched alkanes of at least 4 members (excludes halogenated alkanes) is 39. The molecule has 0 heterocycles. The van der Waals surface area contributed by atoms with E-state index >= 15 is 0 Å². The van der Waals surface area contributed by atoms with Crippen molar-refractivity contribution in [2.45, 2.75) is 424 Å². The van der Waals surface area contributed by atoms with Gasteiger partial charge in [0.25, 0.3) is 0 Å². The van der Waals surface area contributed by atoms with Crippen molar-refractivity contribution in [2.24, 2.45) is 0 Å². The van der Waals surface area contributed by atoms with E-state index in [2.05, 4.69) is 203 Å². The molecule has 0 spiro atoms. The van der Waals surface area contributed by atoms with Gasteiger partial charge >= 0.3 is 33.6 Å². The molecular weight excluding hydrogens is 1580 g/mol. The number of phosphoric ester groups is 2.